The molecular formula is C11H12BrF2NO2S. The zero-order valence-electron chi connectivity index (χ0n) is 9.63. The Bertz CT molecular complexity index is 459. The first kappa shape index (κ1) is 15.2. The molecular weight excluding hydrogens is 328 g/mol. The van der Waals surface area contributed by atoms with Gasteiger partial charge >= 0.3 is 0 Å². The number of rotatable bonds is 5. The van der Waals surface area contributed by atoms with Gasteiger partial charge < -0.3 is 5.32 Å². The van der Waals surface area contributed by atoms with Crippen LogP contribution in [0.4, 0.5) is 8.78 Å². The number of carbonyl (C=O) groups excluding carboxylic acids is 1. The Morgan fingerprint density at radius 2 is 1.94 bits per heavy atom. The van der Waals surface area contributed by atoms with Gasteiger partial charge in [0.2, 0.25) is 0 Å². The molecule has 100 valence electrons. The fourth-order valence-corrected chi connectivity index (χ4v) is 2.29. The summed E-state index contributed by atoms with van der Waals surface area (Å²) in [5.74, 6) is -1.96. The molecule has 0 aliphatic heterocycles. The quantitative estimate of drug-likeness (QED) is 0.894. The van der Waals surface area contributed by atoms with E-state index in [1.165, 1.54) is 0 Å². The van der Waals surface area contributed by atoms with Gasteiger partial charge in [-0.25, -0.2) is 8.78 Å². The number of hydrogen-bond acceptors (Lipinski definition) is 2. The summed E-state index contributed by atoms with van der Waals surface area (Å²) >= 11 is 2.93. The van der Waals surface area contributed by atoms with Crippen molar-refractivity contribution in [2.24, 2.45) is 0 Å². The zero-order chi connectivity index (χ0) is 13.7. The molecule has 1 rings (SSSR count). The second-order valence-electron chi connectivity index (χ2n) is 3.43. The molecule has 0 spiro atoms. The smallest absolute Gasteiger partial charge is 0.257 e. The third kappa shape index (κ3) is 4.13. The monoisotopic (exact) mass is 339 g/mol. The summed E-state index contributed by atoms with van der Waals surface area (Å²) in [6, 6.07) is 2.03. The predicted molar refractivity (Wildman–Crippen MR) is 69.9 cm³/mol. The van der Waals surface area contributed by atoms with Crippen LogP contribution in [0.25, 0.3) is 0 Å². The van der Waals surface area contributed by atoms with Crippen LogP contribution in [0.2, 0.25) is 0 Å². The summed E-state index contributed by atoms with van der Waals surface area (Å²) in [5, 5.41) is 2.34. The van der Waals surface area contributed by atoms with Gasteiger partial charge in [0.05, 0.1) is 0 Å². The van der Waals surface area contributed by atoms with Crippen LogP contribution in [0, 0.1) is 11.6 Å². The van der Waals surface area contributed by atoms with Crippen molar-refractivity contribution in [1.82, 2.24) is 5.32 Å². The third-order valence-corrected chi connectivity index (χ3v) is 3.93. The number of hydrogen-bond donors (Lipinski definition) is 1. The number of amides is 1. The maximum absolute atomic E-state index is 13.4. The third-order valence-electron chi connectivity index (χ3n) is 2.17. The molecule has 0 saturated heterocycles. The minimum absolute atomic E-state index is 0.119. The lowest BCUT2D eigenvalue weighted by molar-refractivity contribution is 0.0947. The van der Waals surface area contributed by atoms with E-state index < -0.39 is 33.9 Å². The Hall–Kier alpha value is -0.820. The number of carbonyl (C=O) groups is 1. The molecule has 1 N–H and O–H groups in total. The second kappa shape index (κ2) is 6.94. The van der Waals surface area contributed by atoms with Gasteiger partial charge in [0.1, 0.15) is 17.2 Å². The molecule has 1 aromatic rings. The van der Waals surface area contributed by atoms with Crippen LogP contribution in [-0.2, 0) is 10.8 Å². The number of halogens is 3. The molecule has 0 saturated carbocycles. The SMILES string of the molecule is CCS(=O)CCNC(=O)c1c(F)cc(Br)cc1F. The first-order chi connectivity index (χ1) is 8.45. The fourth-order valence-electron chi connectivity index (χ4n) is 1.27. The van der Waals surface area contributed by atoms with Crippen LogP contribution in [0.5, 0.6) is 0 Å². The highest BCUT2D eigenvalue weighted by atomic mass is 79.9. The van der Waals surface area contributed by atoms with Crippen LogP contribution in [0.1, 0.15) is 17.3 Å². The lowest BCUT2D eigenvalue weighted by Crippen LogP contribution is -2.29. The molecule has 1 aromatic carbocycles. The van der Waals surface area contributed by atoms with E-state index in [4.69, 9.17) is 0 Å². The van der Waals surface area contributed by atoms with Crippen LogP contribution in [-0.4, -0.2) is 28.2 Å². The average molecular weight is 340 g/mol. The highest BCUT2D eigenvalue weighted by Crippen LogP contribution is 2.19. The topological polar surface area (TPSA) is 46.2 Å². The number of benzene rings is 1. The van der Waals surface area contributed by atoms with E-state index in [9.17, 15) is 17.8 Å². The Morgan fingerprint density at radius 1 is 1.39 bits per heavy atom. The number of nitrogens with one attached hydrogen (secondary N) is 1. The lowest BCUT2D eigenvalue weighted by Gasteiger charge is -2.07. The molecule has 0 aliphatic rings. The van der Waals surface area contributed by atoms with Crippen LogP contribution < -0.4 is 5.32 Å². The van der Waals surface area contributed by atoms with Crippen molar-refractivity contribution in [2.45, 2.75) is 6.92 Å². The first-order valence-corrected chi connectivity index (χ1v) is 7.51. The van der Waals surface area contributed by atoms with E-state index >= 15 is 0 Å². The molecule has 0 aromatic heterocycles. The van der Waals surface area contributed by atoms with Crippen molar-refractivity contribution in [3.8, 4) is 0 Å². The molecule has 1 amide bonds. The zero-order valence-corrected chi connectivity index (χ0v) is 12.0. The summed E-state index contributed by atoms with van der Waals surface area (Å²) in [4.78, 5) is 11.6. The van der Waals surface area contributed by atoms with E-state index in [2.05, 4.69) is 21.2 Å². The Balaban J connectivity index is 2.70. The van der Waals surface area contributed by atoms with Gasteiger partial charge in [-0.1, -0.05) is 22.9 Å². The minimum atomic E-state index is -1.02. The van der Waals surface area contributed by atoms with Crippen molar-refractivity contribution >= 4 is 32.6 Å². The van der Waals surface area contributed by atoms with Crippen molar-refractivity contribution in [3.63, 3.8) is 0 Å². The van der Waals surface area contributed by atoms with Gasteiger partial charge in [-0.3, -0.25) is 9.00 Å². The standard InChI is InChI=1S/C11H12BrF2NO2S/c1-2-18(17)4-3-15-11(16)10-8(13)5-7(12)6-9(10)14/h5-6H,2-4H2,1H3,(H,15,16). The predicted octanol–water partition coefficient (Wildman–Crippen LogP) is 2.23. The molecule has 3 nitrogen and oxygen atoms in total. The Labute approximate surface area is 115 Å². The summed E-state index contributed by atoms with van der Waals surface area (Å²) < 4.78 is 38.2. The molecule has 7 heteroatoms. The van der Waals surface area contributed by atoms with E-state index in [1.54, 1.807) is 6.92 Å². The summed E-state index contributed by atoms with van der Waals surface area (Å²) in [6.07, 6.45) is 0. The van der Waals surface area contributed by atoms with Gasteiger partial charge in [-0.05, 0) is 12.1 Å². The molecule has 0 heterocycles. The molecule has 1 atom stereocenters. The molecule has 0 aliphatic carbocycles. The first-order valence-electron chi connectivity index (χ1n) is 5.23. The van der Waals surface area contributed by atoms with Crippen LogP contribution in [0.15, 0.2) is 16.6 Å². The van der Waals surface area contributed by atoms with Crippen molar-refractivity contribution in [2.75, 3.05) is 18.1 Å². The maximum Gasteiger partial charge on any atom is 0.257 e. The lowest BCUT2D eigenvalue weighted by atomic mass is 10.2. The molecule has 18 heavy (non-hydrogen) atoms. The Kier molecular flexibility index (Phi) is 5.87. The van der Waals surface area contributed by atoms with Gasteiger partial charge in [0.25, 0.3) is 5.91 Å². The maximum atomic E-state index is 13.4. The highest BCUT2D eigenvalue weighted by Gasteiger charge is 2.17. The van der Waals surface area contributed by atoms with Crippen molar-refractivity contribution in [3.05, 3.63) is 33.8 Å². The minimum Gasteiger partial charge on any atom is -0.351 e. The average Bonchev–Trinajstić information content (AvgIpc) is 2.27. The van der Waals surface area contributed by atoms with Gasteiger partial charge in [0.15, 0.2) is 0 Å². The van der Waals surface area contributed by atoms with E-state index in [0.29, 0.717) is 5.75 Å². The second-order valence-corrected chi connectivity index (χ2v) is 6.21. The molecule has 0 fully saturated rings. The largest absolute Gasteiger partial charge is 0.351 e. The van der Waals surface area contributed by atoms with Crippen molar-refractivity contribution < 1.29 is 17.8 Å². The van der Waals surface area contributed by atoms with E-state index in [-0.39, 0.29) is 16.8 Å². The van der Waals surface area contributed by atoms with E-state index in [0.717, 1.165) is 12.1 Å². The van der Waals surface area contributed by atoms with Crippen molar-refractivity contribution in [1.29, 1.82) is 0 Å². The van der Waals surface area contributed by atoms with Crippen LogP contribution >= 0.6 is 15.9 Å². The highest BCUT2D eigenvalue weighted by molar-refractivity contribution is 9.10. The fraction of sp³-hybridized carbons (Fsp3) is 0.364. The summed E-state index contributed by atoms with van der Waals surface area (Å²) in [5.41, 5.74) is -0.625. The van der Waals surface area contributed by atoms with Gasteiger partial charge in [-0.2, -0.15) is 0 Å². The summed E-state index contributed by atoms with van der Waals surface area (Å²) in [7, 11) is -1.02. The van der Waals surface area contributed by atoms with Gasteiger partial charge in [-0.15, -0.1) is 0 Å². The Morgan fingerprint density at radius 3 is 2.44 bits per heavy atom. The molecule has 0 radical (unpaired) electrons. The summed E-state index contributed by atoms with van der Waals surface area (Å²) in [6.45, 7) is 1.88. The normalized spacial score (nSPS) is 12.2. The van der Waals surface area contributed by atoms with E-state index in [1.807, 2.05) is 0 Å². The van der Waals surface area contributed by atoms with Gasteiger partial charge in [0, 0.05) is 33.3 Å². The van der Waals surface area contributed by atoms with Crippen LogP contribution in [0.3, 0.4) is 0 Å². The molecule has 0 bridgehead atoms. The molecule has 1 unspecified atom stereocenters.